The number of hydrogen-bond donors (Lipinski definition) is 1. The lowest BCUT2D eigenvalue weighted by Gasteiger charge is -2.08. The van der Waals surface area contributed by atoms with Gasteiger partial charge in [0.05, 0.1) is 18.3 Å². The third kappa shape index (κ3) is 5.22. The van der Waals surface area contributed by atoms with E-state index in [0.29, 0.717) is 6.54 Å². The van der Waals surface area contributed by atoms with Gasteiger partial charge in [-0.3, -0.25) is 9.59 Å². The molecule has 0 aliphatic heterocycles. The molecule has 0 fully saturated rings. The molecule has 1 heterocycles. The summed E-state index contributed by atoms with van der Waals surface area (Å²) in [5.74, 6) is -0.748. The number of alkyl halides is 3. The summed E-state index contributed by atoms with van der Waals surface area (Å²) in [4.78, 5) is 24.9. The SMILES string of the molecule is Cc1cccc(Cn2cccc(C(=O)N/N=C\c3cccc(C(F)(F)F)c3)c2=O)c1. The van der Waals surface area contributed by atoms with Crippen LogP contribution in [0.3, 0.4) is 0 Å². The largest absolute Gasteiger partial charge is 0.416 e. The van der Waals surface area contributed by atoms with E-state index >= 15 is 0 Å². The average Bonchev–Trinajstić information content (AvgIpc) is 2.69. The molecule has 3 rings (SSSR count). The van der Waals surface area contributed by atoms with Crippen molar-refractivity contribution in [3.63, 3.8) is 0 Å². The number of aromatic nitrogens is 1. The molecular weight excluding hydrogens is 395 g/mol. The van der Waals surface area contributed by atoms with Crippen LogP contribution in [0.4, 0.5) is 13.2 Å². The van der Waals surface area contributed by atoms with Gasteiger partial charge in [-0.2, -0.15) is 18.3 Å². The van der Waals surface area contributed by atoms with Gasteiger partial charge in [0.15, 0.2) is 0 Å². The Kier molecular flexibility index (Phi) is 6.15. The molecule has 30 heavy (non-hydrogen) atoms. The second-order valence-electron chi connectivity index (χ2n) is 6.67. The highest BCUT2D eigenvalue weighted by atomic mass is 19.4. The number of hydrazone groups is 1. The Morgan fingerprint density at radius 3 is 2.60 bits per heavy atom. The molecule has 0 radical (unpaired) electrons. The summed E-state index contributed by atoms with van der Waals surface area (Å²) in [6.07, 6.45) is -1.81. The zero-order valence-electron chi connectivity index (χ0n) is 16.0. The average molecular weight is 413 g/mol. The standard InChI is InChI=1S/C22H18F3N3O2/c1-15-5-2-7-17(11-15)14-28-10-4-9-19(21(28)30)20(29)27-26-13-16-6-3-8-18(12-16)22(23,24)25/h2-13H,14H2,1H3,(H,27,29)/b26-13-. The third-order valence-electron chi connectivity index (χ3n) is 4.29. The molecule has 0 spiro atoms. The van der Waals surface area contributed by atoms with Crippen molar-refractivity contribution in [2.24, 2.45) is 5.10 Å². The predicted molar refractivity (Wildman–Crippen MR) is 107 cm³/mol. The van der Waals surface area contributed by atoms with Gasteiger partial charge in [-0.25, -0.2) is 5.43 Å². The molecule has 0 saturated heterocycles. The number of nitrogens with zero attached hydrogens (tertiary/aromatic N) is 2. The van der Waals surface area contributed by atoms with Crippen molar-refractivity contribution in [3.05, 3.63) is 105 Å². The maximum atomic E-state index is 12.7. The van der Waals surface area contributed by atoms with Crippen LogP contribution in [0.5, 0.6) is 0 Å². The van der Waals surface area contributed by atoms with E-state index in [1.165, 1.54) is 22.8 Å². The topological polar surface area (TPSA) is 63.5 Å². The molecule has 8 heteroatoms. The highest BCUT2D eigenvalue weighted by molar-refractivity contribution is 5.94. The minimum absolute atomic E-state index is 0.119. The normalized spacial score (nSPS) is 11.6. The lowest BCUT2D eigenvalue weighted by molar-refractivity contribution is -0.137. The zero-order valence-corrected chi connectivity index (χ0v) is 16.0. The molecule has 5 nitrogen and oxygen atoms in total. The first-order valence-electron chi connectivity index (χ1n) is 9.00. The smallest absolute Gasteiger partial charge is 0.310 e. The molecule has 0 aliphatic carbocycles. The van der Waals surface area contributed by atoms with Gasteiger partial charge in [0.25, 0.3) is 11.5 Å². The Morgan fingerprint density at radius 1 is 1.10 bits per heavy atom. The molecule has 2 aromatic carbocycles. The van der Waals surface area contributed by atoms with Gasteiger partial charge in [0.2, 0.25) is 0 Å². The van der Waals surface area contributed by atoms with Crippen molar-refractivity contribution in [2.45, 2.75) is 19.6 Å². The summed E-state index contributed by atoms with van der Waals surface area (Å²) in [5, 5.41) is 3.67. The van der Waals surface area contributed by atoms with E-state index in [9.17, 15) is 22.8 Å². The Balaban J connectivity index is 1.73. The number of hydrogen-bond acceptors (Lipinski definition) is 3. The number of carbonyl (C=O) groups is 1. The van der Waals surface area contributed by atoms with Crippen LogP contribution in [0.25, 0.3) is 0 Å². The summed E-state index contributed by atoms with van der Waals surface area (Å²) in [7, 11) is 0. The lowest BCUT2D eigenvalue weighted by Crippen LogP contribution is -2.30. The maximum absolute atomic E-state index is 12.7. The van der Waals surface area contributed by atoms with Gasteiger partial charge >= 0.3 is 6.18 Å². The molecule has 0 saturated carbocycles. The van der Waals surface area contributed by atoms with Crippen molar-refractivity contribution in [1.29, 1.82) is 0 Å². The fraction of sp³-hybridized carbons (Fsp3) is 0.136. The number of carbonyl (C=O) groups excluding carboxylic acids is 1. The van der Waals surface area contributed by atoms with Crippen molar-refractivity contribution >= 4 is 12.1 Å². The van der Waals surface area contributed by atoms with Crippen LogP contribution < -0.4 is 11.0 Å². The predicted octanol–water partition coefficient (Wildman–Crippen LogP) is 3.99. The Morgan fingerprint density at radius 2 is 1.87 bits per heavy atom. The summed E-state index contributed by atoms with van der Waals surface area (Å²) in [5.41, 5.74) is 2.88. The van der Waals surface area contributed by atoms with Crippen molar-refractivity contribution in [2.75, 3.05) is 0 Å². The molecule has 0 atom stereocenters. The molecule has 3 aromatic rings. The summed E-state index contributed by atoms with van der Waals surface area (Å²) < 4.78 is 39.6. The van der Waals surface area contributed by atoms with Crippen molar-refractivity contribution in [1.82, 2.24) is 9.99 Å². The van der Waals surface area contributed by atoms with Gasteiger partial charge in [0, 0.05) is 6.20 Å². The second-order valence-corrected chi connectivity index (χ2v) is 6.67. The van der Waals surface area contributed by atoms with E-state index in [1.807, 2.05) is 31.2 Å². The van der Waals surface area contributed by atoms with Gasteiger partial charge in [0.1, 0.15) is 5.56 Å². The number of benzene rings is 2. The lowest BCUT2D eigenvalue weighted by atomic mass is 10.1. The van der Waals surface area contributed by atoms with Crippen LogP contribution in [-0.2, 0) is 12.7 Å². The first kappa shape index (κ1) is 21.0. The molecule has 0 unspecified atom stereocenters. The maximum Gasteiger partial charge on any atom is 0.416 e. The molecule has 154 valence electrons. The van der Waals surface area contributed by atoms with Gasteiger partial charge in [-0.05, 0) is 42.3 Å². The number of pyridine rings is 1. The number of aryl methyl sites for hydroxylation is 1. The fourth-order valence-corrected chi connectivity index (χ4v) is 2.86. The fourth-order valence-electron chi connectivity index (χ4n) is 2.86. The van der Waals surface area contributed by atoms with E-state index in [1.54, 1.807) is 12.3 Å². The van der Waals surface area contributed by atoms with Crippen LogP contribution in [-0.4, -0.2) is 16.7 Å². The first-order chi connectivity index (χ1) is 14.2. The highest BCUT2D eigenvalue weighted by Crippen LogP contribution is 2.29. The Labute approximate surface area is 170 Å². The van der Waals surface area contributed by atoms with Crippen LogP contribution in [0, 0.1) is 6.92 Å². The van der Waals surface area contributed by atoms with Crippen molar-refractivity contribution < 1.29 is 18.0 Å². The van der Waals surface area contributed by atoms with Gasteiger partial charge < -0.3 is 4.57 Å². The molecular formula is C22H18F3N3O2. The molecule has 1 aromatic heterocycles. The quantitative estimate of drug-likeness (QED) is 0.508. The molecule has 1 N–H and O–H groups in total. The van der Waals surface area contributed by atoms with E-state index in [0.717, 1.165) is 29.5 Å². The second kappa shape index (κ2) is 8.77. The number of rotatable bonds is 5. The summed E-state index contributed by atoms with van der Waals surface area (Å²) in [6, 6.07) is 15.1. The van der Waals surface area contributed by atoms with Crippen LogP contribution in [0.1, 0.15) is 32.6 Å². The van der Waals surface area contributed by atoms with E-state index in [-0.39, 0.29) is 11.1 Å². The van der Waals surface area contributed by atoms with Gasteiger partial charge in [-0.1, -0.05) is 42.0 Å². The molecule has 0 aliphatic rings. The molecule has 0 bridgehead atoms. The van der Waals surface area contributed by atoms with Gasteiger partial charge in [-0.15, -0.1) is 0 Å². The molecule has 1 amide bonds. The Bertz CT molecular complexity index is 1150. The summed E-state index contributed by atoms with van der Waals surface area (Å²) in [6.45, 7) is 2.24. The summed E-state index contributed by atoms with van der Waals surface area (Å²) >= 11 is 0. The van der Waals surface area contributed by atoms with E-state index < -0.39 is 23.2 Å². The first-order valence-corrected chi connectivity index (χ1v) is 9.00. The minimum atomic E-state index is -4.47. The Hall–Kier alpha value is -3.68. The third-order valence-corrected chi connectivity index (χ3v) is 4.29. The van der Waals surface area contributed by atoms with Crippen LogP contribution >= 0.6 is 0 Å². The zero-order chi connectivity index (χ0) is 21.7. The van der Waals surface area contributed by atoms with E-state index in [2.05, 4.69) is 10.5 Å². The number of amides is 1. The van der Waals surface area contributed by atoms with Crippen LogP contribution in [0.2, 0.25) is 0 Å². The minimum Gasteiger partial charge on any atom is -0.310 e. The number of nitrogens with one attached hydrogen (secondary N) is 1. The number of halogens is 3. The van der Waals surface area contributed by atoms with Crippen molar-refractivity contribution in [3.8, 4) is 0 Å². The highest BCUT2D eigenvalue weighted by Gasteiger charge is 2.30. The van der Waals surface area contributed by atoms with E-state index in [4.69, 9.17) is 0 Å². The van der Waals surface area contributed by atoms with Crippen LogP contribution in [0.15, 0.2) is 76.8 Å². The monoisotopic (exact) mass is 413 g/mol.